The molecule has 1 aromatic carbocycles. The van der Waals surface area contributed by atoms with Crippen LogP contribution < -0.4 is 11.1 Å². The van der Waals surface area contributed by atoms with E-state index >= 15 is 0 Å². The van der Waals surface area contributed by atoms with Gasteiger partial charge in [-0.3, -0.25) is 4.79 Å². The van der Waals surface area contributed by atoms with E-state index in [9.17, 15) is 4.79 Å². The molecule has 0 atom stereocenters. The smallest absolute Gasteiger partial charge is 0.252 e. The first-order valence-electron chi connectivity index (χ1n) is 6.55. The van der Waals surface area contributed by atoms with Crippen molar-refractivity contribution in [3.05, 3.63) is 28.8 Å². The molecule has 0 aromatic heterocycles. The largest absolute Gasteiger partial charge is 0.399 e. The monoisotopic (exact) mass is 300 g/mol. The molecule has 0 saturated heterocycles. The predicted molar refractivity (Wildman–Crippen MR) is 80.1 cm³/mol. The van der Waals surface area contributed by atoms with Gasteiger partial charge in [0.05, 0.1) is 23.8 Å². The average molecular weight is 301 g/mol. The molecule has 0 spiro atoms. The molecule has 0 radical (unpaired) electrons. The number of rotatable bonds is 9. The van der Waals surface area contributed by atoms with Gasteiger partial charge >= 0.3 is 0 Å². The van der Waals surface area contributed by atoms with Crippen LogP contribution in [0.3, 0.4) is 0 Å². The number of ether oxygens (including phenoxy) is 2. The number of anilines is 1. The number of hydrogen-bond acceptors (Lipinski definition) is 4. The number of halogens is 1. The first-order chi connectivity index (χ1) is 9.65. The SMILES string of the molecule is COCCOCCCCNC(=O)c1ccc(N)cc1Cl. The molecule has 1 aromatic rings. The molecule has 5 nitrogen and oxygen atoms in total. The van der Waals surface area contributed by atoms with E-state index in [0.717, 1.165) is 12.8 Å². The number of nitrogen functional groups attached to an aromatic ring is 1. The molecule has 0 saturated carbocycles. The Hall–Kier alpha value is -1.30. The molecule has 20 heavy (non-hydrogen) atoms. The summed E-state index contributed by atoms with van der Waals surface area (Å²) in [5, 5.41) is 3.18. The van der Waals surface area contributed by atoms with E-state index < -0.39 is 0 Å². The van der Waals surface area contributed by atoms with Gasteiger partial charge in [-0.1, -0.05) is 11.6 Å². The fourth-order valence-electron chi connectivity index (χ4n) is 1.59. The Labute approximate surface area is 124 Å². The standard InChI is InChI=1S/C14H21ClN2O3/c1-19-8-9-20-7-3-2-6-17-14(18)12-5-4-11(16)10-13(12)15/h4-5,10H,2-3,6-9,16H2,1H3,(H,17,18). The van der Waals surface area contributed by atoms with Gasteiger partial charge in [0.25, 0.3) is 5.91 Å². The van der Waals surface area contributed by atoms with Gasteiger partial charge in [0.15, 0.2) is 0 Å². The first-order valence-corrected chi connectivity index (χ1v) is 6.93. The summed E-state index contributed by atoms with van der Waals surface area (Å²) in [6.45, 7) is 2.46. The molecule has 0 unspecified atom stereocenters. The Bertz CT molecular complexity index is 427. The normalized spacial score (nSPS) is 10.5. The minimum absolute atomic E-state index is 0.185. The molecule has 0 heterocycles. The van der Waals surface area contributed by atoms with E-state index in [0.29, 0.717) is 42.6 Å². The van der Waals surface area contributed by atoms with Crippen molar-refractivity contribution in [3.63, 3.8) is 0 Å². The van der Waals surface area contributed by atoms with Crippen LogP contribution in [0.2, 0.25) is 5.02 Å². The number of benzene rings is 1. The van der Waals surface area contributed by atoms with Gasteiger partial charge in [0.2, 0.25) is 0 Å². The van der Waals surface area contributed by atoms with Gasteiger partial charge < -0.3 is 20.5 Å². The van der Waals surface area contributed by atoms with E-state index in [4.69, 9.17) is 26.8 Å². The molecule has 1 rings (SSSR count). The van der Waals surface area contributed by atoms with E-state index in [2.05, 4.69) is 5.32 Å². The molecule has 0 aliphatic heterocycles. The van der Waals surface area contributed by atoms with Gasteiger partial charge in [-0.25, -0.2) is 0 Å². The Kier molecular flexibility index (Phi) is 8.02. The summed E-state index contributed by atoms with van der Waals surface area (Å²) >= 11 is 5.96. The van der Waals surface area contributed by atoms with Gasteiger partial charge in [0, 0.05) is 25.9 Å². The minimum Gasteiger partial charge on any atom is -0.399 e. The van der Waals surface area contributed by atoms with Gasteiger partial charge in [-0.2, -0.15) is 0 Å². The number of nitrogens with one attached hydrogen (secondary N) is 1. The second-order valence-corrected chi connectivity index (χ2v) is 4.71. The summed E-state index contributed by atoms with van der Waals surface area (Å²) in [4.78, 5) is 11.9. The van der Waals surface area contributed by atoms with Crippen molar-refractivity contribution < 1.29 is 14.3 Å². The molecule has 6 heteroatoms. The van der Waals surface area contributed by atoms with Gasteiger partial charge in [0.1, 0.15) is 0 Å². The van der Waals surface area contributed by atoms with Crippen molar-refractivity contribution in [2.45, 2.75) is 12.8 Å². The lowest BCUT2D eigenvalue weighted by molar-refractivity contribution is 0.0686. The van der Waals surface area contributed by atoms with E-state index in [1.165, 1.54) is 0 Å². The third-order valence-corrected chi connectivity index (χ3v) is 2.98. The molecule has 3 N–H and O–H groups in total. The van der Waals surface area contributed by atoms with E-state index in [1.807, 2.05) is 0 Å². The maximum absolute atomic E-state index is 11.9. The molecule has 0 aliphatic rings. The molecule has 0 fully saturated rings. The number of carbonyl (C=O) groups is 1. The highest BCUT2D eigenvalue weighted by Crippen LogP contribution is 2.18. The summed E-state index contributed by atoms with van der Waals surface area (Å²) in [7, 11) is 1.64. The Balaban J connectivity index is 2.17. The molecule has 0 bridgehead atoms. The highest BCUT2D eigenvalue weighted by Gasteiger charge is 2.09. The molecule has 0 aliphatic carbocycles. The highest BCUT2D eigenvalue weighted by atomic mass is 35.5. The zero-order valence-corrected chi connectivity index (χ0v) is 12.4. The van der Waals surface area contributed by atoms with Crippen molar-refractivity contribution in [1.29, 1.82) is 0 Å². The van der Waals surface area contributed by atoms with Crippen LogP contribution in [-0.4, -0.2) is 39.4 Å². The van der Waals surface area contributed by atoms with Crippen molar-refractivity contribution in [2.24, 2.45) is 0 Å². The Morgan fingerprint density at radius 2 is 2.10 bits per heavy atom. The second kappa shape index (κ2) is 9.58. The maximum Gasteiger partial charge on any atom is 0.252 e. The summed E-state index contributed by atoms with van der Waals surface area (Å²) in [6.07, 6.45) is 1.74. The molecule has 112 valence electrons. The van der Waals surface area contributed by atoms with Gasteiger partial charge in [-0.05, 0) is 31.0 Å². The van der Waals surface area contributed by atoms with Crippen LogP contribution in [0.5, 0.6) is 0 Å². The predicted octanol–water partition coefficient (Wildman–Crippen LogP) is 2.10. The van der Waals surface area contributed by atoms with Crippen LogP contribution in [-0.2, 0) is 9.47 Å². The highest BCUT2D eigenvalue weighted by molar-refractivity contribution is 6.34. The number of nitrogens with two attached hydrogens (primary N) is 1. The topological polar surface area (TPSA) is 73.6 Å². The average Bonchev–Trinajstić information content (AvgIpc) is 2.41. The van der Waals surface area contributed by atoms with E-state index in [1.54, 1.807) is 25.3 Å². The summed E-state index contributed by atoms with van der Waals surface area (Å²) in [5.41, 5.74) is 6.56. The number of unbranched alkanes of at least 4 members (excludes halogenated alkanes) is 1. The number of hydrogen-bond donors (Lipinski definition) is 2. The number of methoxy groups -OCH3 is 1. The number of carbonyl (C=O) groups excluding carboxylic acids is 1. The Morgan fingerprint density at radius 3 is 2.80 bits per heavy atom. The van der Waals surface area contributed by atoms with Crippen LogP contribution >= 0.6 is 11.6 Å². The summed E-state index contributed by atoms with van der Waals surface area (Å²) in [6, 6.07) is 4.85. The van der Waals surface area contributed by atoms with Crippen molar-refractivity contribution in [2.75, 3.05) is 39.2 Å². The van der Waals surface area contributed by atoms with Gasteiger partial charge in [-0.15, -0.1) is 0 Å². The van der Waals surface area contributed by atoms with Crippen LogP contribution in [0.15, 0.2) is 18.2 Å². The second-order valence-electron chi connectivity index (χ2n) is 4.31. The summed E-state index contributed by atoms with van der Waals surface area (Å²) < 4.78 is 10.2. The third-order valence-electron chi connectivity index (χ3n) is 2.67. The maximum atomic E-state index is 11.9. The molecule has 1 amide bonds. The quantitative estimate of drug-likeness (QED) is 0.541. The third kappa shape index (κ3) is 6.23. The molecular weight excluding hydrogens is 280 g/mol. The lowest BCUT2D eigenvalue weighted by atomic mass is 10.2. The van der Waals surface area contributed by atoms with Crippen molar-refractivity contribution >= 4 is 23.2 Å². The Morgan fingerprint density at radius 1 is 1.30 bits per heavy atom. The van der Waals surface area contributed by atoms with Crippen LogP contribution in [0.25, 0.3) is 0 Å². The minimum atomic E-state index is -0.185. The van der Waals surface area contributed by atoms with Crippen LogP contribution in [0, 0.1) is 0 Å². The van der Waals surface area contributed by atoms with Crippen LogP contribution in [0.1, 0.15) is 23.2 Å². The van der Waals surface area contributed by atoms with Crippen LogP contribution in [0.4, 0.5) is 5.69 Å². The fraction of sp³-hybridized carbons (Fsp3) is 0.500. The van der Waals surface area contributed by atoms with Crippen molar-refractivity contribution in [1.82, 2.24) is 5.32 Å². The zero-order chi connectivity index (χ0) is 14.8. The van der Waals surface area contributed by atoms with E-state index in [-0.39, 0.29) is 5.91 Å². The fourth-order valence-corrected chi connectivity index (χ4v) is 1.86. The zero-order valence-electron chi connectivity index (χ0n) is 11.7. The van der Waals surface area contributed by atoms with Crippen molar-refractivity contribution in [3.8, 4) is 0 Å². The number of amides is 1. The lowest BCUT2D eigenvalue weighted by Crippen LogP contribution is -2.25. The lowest BCUT2D eigenvalue weighted by Gasteiger charge is -2.07. The summed E-state index contributed by atoms with van der Waals surface area (Å²) in [5.74, 6) is -0.185. The first kappa shape index (κ1) is 16.8. The molecular formula is C14H21ClN2O3.